The Morgan fingerprint density at radius 2 is 2.06 bits per heavy atom. The van der Waals surface area contributed by atoms with E-state index in [1.165, 1.54) is 0 Å². The van der Waals surface area contributed by atoms with Gasteiger partial charge in [0, 0.05) is 22.7 Å². The Bertz CT molecular complexity index is 685. The van der Waals surface area contributed by atoms with Crippen LogP contribution in [0.3, 0.4) is 0 Å². The minimum Gasteiger partial charge on any atom is -0.472 e. The molecule has 7 nitrogen and oxygen atoms in total. The first-order valence-corrected chi connectivity index (χ1v) is 6.51. The smallest absolute Gasteiger partial charge is 0.382 e. The molecule has 0 aliphatic carbocycles. The third-order valence-corrected chi connectivity index (χ3v) is 3.12. The van der Waals surface area contributed by atoms with E-state index in [1.54, 1.807) is 5.92 Å². The first-order chi connectivity index (χ1) is 8.23. The van der Waals surface area contributed by atoms with Gasteiger partial charge in [-0.3, -0.25) is 10.1 Å². The van der Waals surface area contributed by atoms with Gasteiger partial charge in [-0.05, 0) is 12.0 Å². The summed E-state index contributed by atoms with van der Waals surface area (Å²) in [5.41, 5.74) is -1.19. The second kappa shape index (κ2) is 5.03. The quantitative estimate of drug-likeness (QED) is 0.375. The van der Waals surface area contributed by atoms with Crippen LogP contribution in [-0.2, 0) is 13.8 Å². The lowest BCUT2D eigenvalue weighted by molar-refractivity contribution is -0.385. The summed E-state index contributed by atoms with van der Waals surface area (Å²) in [6, 6.07) is 3.11. The highest BCUT2D eigenvalue weighted by atomic mass is 35.7. The lowest BCUT2D eigenvalue weighted by Crippen LogP contribution is -2.00. The molecule has 0 radical (unpaired) electrons. The second-order valence-corrected chi connectivity index (χ2v) is 5.43. The largest absolute Gasteiger partial charge is 0.472 e. The molecule has 0 saturated carbocycles. The molecule has 0 aliphatic rings. The zero-order valence-corrected chi connectivity index (χ0v) is 10.0. The van der Waals surface area contributed by atoms with Crippen molar-refractivity contribution in [3.05, 3.63) is 33.9 Å². The highest BCUT2D eigenvalue weighted by molar-refractivity contribution is 8.13. The van der Waals surface area contributed by atoms with Crippen molar-refractivity contribution in [2.75, 3.05) is 0 Å². The summed E-state index contributed by atoms with van der Waals surface area (Å²) in [6.07, 6.45) is 0. The average Bonchev–Trinajstić information content (AvgIpc) is 2.24. The summed E-state index contributed by atoms with van der Waals surface area (Å²) in [6.45, 7) is 0. The number of nitrogens with zero attached hydrogens (tertiary/aromatic N) is 1. The molecule has 0 heterocycles. The van der Waals surface area contributed by atoms with Gasteiger partial charge in [0.05, 0.1) is 4.92 Å². The number of benzene rings is 1. The molecule has 1 aromatic carbocycles. The Hall–Kier alpha value is -2.11. The lowest BCUT2D eigenvalue weighted by Gasteiger charge is -2.01. The van der Waals surface area contributed by atoms with Crippen LogP contribution < -0.4 is 0 Å². The van der Waals surface area contributed by atoms with E-state index in [1.807, 2.05) is 5.92 Å². The number of carboxylic acid groups (broad SMARTS) is 1. The molecule has 0 atom stereocenters. The topological polar surface area (TPSA) is 115 Å². The lowest BCUT2D eigenvalue weighted by atomic mass is 10.2. The fourth-order valence-electron chi connectivity index (χ4n) is 1.12. The molecule has 0 fully saturated rings. The maximum Gasteiger partial charge on any atom is 0.382 e. The molecule has 18 heavy (non-hydrogen) atoms. The molecule has 0 unspecified atom stereocenters. The van der Waals surface area contributed by atoms with E-state index in [2.05, 4.69) is 0 Å². The van der Waals surface area contributed by atoms with Crippen LogP contribution in [0.1, 0.15) is 5.56 Å². The normalized spacial score (nSPS) is 10.3. The van der Waals surface area contributed by atoms with Crippen molar-refractivity contribution < 1.29 is 23.2 Å². The molecular formula is C9H4ClNO6S. The van der Waals surface area contributed by atoms with E-state index >= 15 is 0 Å². The second-order valence-electron chi connectivity index (χ2n) is 2.90. The molecule has 0 spiro atoms. The number of hydrogen-bond acceptors (Lipinski definition) is 5. The molecule has 0 aliphatic heterocycles. The fourth-order valence-corrected chi connectivity index (χ4v) is 2.14. The molecule has 1 aromatic rings. The van der Waals surface area contributed by atoms with E-state index in [0.717, 1.165) is 18.2 Å². The SMILES string of the molecule is O=C(O)C#Cc1c([N+](=O)[O-])cccc1S(=O)(=O)Cl. The molecule has 9 heteroatoms. The van der Waals surface area contributed by atoms with Crippen LogP contribution >= 0.6 is 10.7 Å². The van der Waals surface area contributed by atoms with Crippen molar-refractivity contribution in [2.24, 2.45) is 0 Å². The molecule has 0 amide bonds. The summed E-state index contributed by atoms with van der Waals surface area (Å²) in [4.78, 5) is 19.5. The van der Waals surface area contributed by atoms with Crippen LogP contribution in [0.15, 0.2) is 23.1 Å². The van der Waals surface area contributed by atoms with Crippen LogP contribution in [0.4, 0.5) is 5.69 Å². The van der Waals surface area contributed by atoms with Gasteiger partial charge in [0.1, 0.15) is 10.5 Å². The van der Waals surface area contributed by atoms with E-state index in [0.29, 0.717) is 0 Å². The Labute approximate surface area is 106 Å². The Kier molecular flexibility index (Phi) is 3.90. The molecular weight excluding hydrogens is 286 g/mol. The van der Waals surface area contributed by atoms with Crippen molar-refractivity contribution in [1.82, 2.24) is 0 Å². The number of halogens is 1. The van der Waals surface area contributed by atoms with Crippen LogP contribution in [0.2, 0.25) is 0 Å². The highest BCUT2D eigenvalue weighted by Crippen LogP contribution is 2.27. The summed E-state index contributed by atoms with van der Waals surface area (Å²) >= 11 is 0. The molecule has 0 aromatic heterocycles. The van der Waals surface area contributed by atoms with E-state index in [9.17, 15) is 23.3 Å². The Morgan fingerprint density at radius 3 is 2.50 bits per heavy atom. The van der Waals surface area contributed by atoms with E-state index in [-0.39, 0.29) is 0 Å². The average molecular weight is 290 g/mol. The van der Waals surface area contributed by atoms with Crippen molar-refractivity contribution in [2.45, 2.75) is 4.90 Å². The minimum absolute atomic E-state index is 0.556. The number of nitro benzene ring substituents is 1. The van der Waals surface area contributed by atoms with Crippen molar-refractivity contribution in [3.8, 4) is 11.8 Å². The summed E-state index contributed by atoms with van der Waals surface area (Å²) in [5, 5.41) is 19.1. The van der Waals surface area contributed by atoms with Gasteiger partial charge < -0.3 is 5.11 Å². The van der Waals surface area contributed by atoms with Gasteiger partial charge in [-0.15, -0.1) is 0 Å². The summed E-state index contributed by atoms with van der Waals surface area (Å²) < 4.78 is 22.4. The monoisotopic (exact) mass is 289 g/mol. The van der Waals surface area contributed by atoms with Gasteiger partial charge in [-0.25, -0.2) is 13.2 Å². The van der Waals surface area contributed by atoms with Gasteiger partial charge in [0.15, 0.2) is 0 Å². The summed E-state index contributed by atoms with van der Waals surface area (Å²) in [7, 11) is 0.825. The predicted molar refractivity (Wildman–Crippen MR) is 60.6 cm³/mol. The van der Waals surface area contributed by atoms with E-state index < -0.39 is 36.1 Å². The number of carbonyl (C=O) groups is 1. The van der Waals surface area contributed by atoms with E-state index in [4.69, 9.17) is 15.8 Å². The summed E-state index contributed by atoms with van der Waals surface area (Å²) in [5.74, 6) is 1.97. The van der Waals surface area contributed by atoms with Gasteiger partial charge >= 0.3 is 5.97 Å². The zero-order chi connectivity index (χ0) is 13.9. The third-order valence-electron chi connectivity index (χ3n) is 1.76. The van der Waals surface area contributed by atoms with Gasteiger partial charge in [0.2, 0.25) is 0 Å². The van der Waals surface area contributed by atoms with Crippen molar-refractivity contribution in [3.63, 3.8) is 0 Å². The van der Waals surface area contributed by atoms with Gasteiger partial charge in [-0.2, -0.15) is 0 Å². The van der Waals surface area contributed by atoms with Gasteiger partial charge in [-0.1, -0.05) is 6.07 Å². The minimum atomic E-state index is -4.27. The van der Waals surface area contributed by atoms with Gasteiger partial charge in [0.25, 0.3) is 14.7 Å². The zero-order valence-electron chi connectivity index (χ0n) is 8.45. The maximum absolute atomic E-state index is 11.2. The third kappa shape index (κ3) is 3.19. The Morgan fingerprint density at radius 1 is 1.44 bits per heavy atom. The van der Waals surface area contributed by atoms with Crippen molar-refractivity contribution >= 4 is 31.4 Å². The first-order valence-electron chi connectivity index (χ1n) is 4.20. The molecule has 0 saturated heterocycles. The predicted octanol–water partition coefficient (Wildman–Crippen LogP) is 0.958. The van der Waals surface area contributed by atoms with Crippen LogP contribution in [-0.4, -0.2) is 24.4 Å². The number of nitro groups is 1. The number of carboxylic acids is 1. The standard InChI is InChI=1S/C9H4ClNO6S/c10-18(16,17)8-3-1-2-7(11(14)15)6(8)4-5-9(12)13/h1-3H,(H,12,13). The number of rotatable bonds is 2. The van der Waals surface area contributed by atoms with Crippen molar-refractivity contribution in [1.29, 1.82) is 0 Å². The van der Waals surface area contributed by atoms with Crippen LogP contribution in [0.5, 0.6) is 0 Å². The fraction of sp³-hybridized carbons (Fsp3) is 0. The number of hydrogen-bond donors (Lipinski definition) is 1. The Balaban J connectivity index is 3.67. The number of aliphatic carboxylic acids is 1. The van der Waals surface area contributed by atoms with Crippen LogP contribution in [0, 0.1) is 22.0 Å². The first kappa shape index (κ1) is 14.0. The maximum atomic E-state index is 11.2. The highest BCUT2D eigenvalue weighted by Gasteiger charge is 2.23. The molecule has 0 bridgehead atoms. The molecule has 1 N–H and O–H groups in total. The molecule has 1 rings (SSSR count). The molecule has 94 valence electrons. The van der Waals surface area contributed by atoms with Crippen LogP contribution in [0.25, 0.3) is 0 Å².